The third-order valence-corrected chi connectivity index (χ3v) is 5.28. The number of carbonyl (C=O) groups excluding carboxylic acids is 1. The summed E-state index contributed by atoms with van der Waals surface area (Å²) in [5.74, 6) is 0.763. The Bertz CT molecular complexity index is 1180. The minimum atomic E-state index is -0.242. The molecule has 0 aliphatic carbocycles. The van der Waals surface area contributed by atoms with Crippen molar-refractivity contribution in [1.82, 2.24) is 14.9 Å². The first-order chi connectivity index (χ1) is 16.6. The molecule has 3 rings (SSSR count). The van der Waals surface area contributed by atoms with E-state index in [9.17, 15) is 9.90 Å². The molecule has 35 heavy (non-hydrogen) atoms. The third-order valence-electron chi connectivity index (χ3n) is 4.99. The van der Waals surface area contributed by atoms with E-state index in [4.69, 9.17) is 21.7 Å². The molecule has 186 valence electrons. The van der Waals surface area contributed by atoms with Crippen LogP contribution in [0.4, 0.5) is 11.4 Å². The zero-order valence-corrected chi connectivity index (χ0v) is 21.0. The van der Waals surface area contributed by atoms with E-state index in [1.54, 1.807) is 41.9 Å². The van der Waals surface area contributed by atoms with Gasteiger partial charge in [-0.25, -0.2) is 4.98 Å². The van der Waals surface area contributed by atoms with Gasteiger partial charge in [0.25, 0.3) is 5.91 Å². The zero-order valence-electron chi connectivity index (χ0n) is 20.3. The van der Waals surface area contributed by atoms with Gasteiger partial charge in [0.1, 0.15) is 28.7 Å². The standard InChI is InChI=1S/C25H31ClN6O3/c1-25(2,3)15-30-24(34)20-7-6-17(14-29-20)35-21-8-5-16(13-18(21)26)31-23(27)22-19(28-4)9-10-32(22)11-12-33/h5-10,13-14,28,33H,11-12,15H2,1-4H3,(H2,27,31)(H,30,34). The number of halogens is 1. The summed E-state index contributed by atoms with van der Waals surface area (Å²) in [6.07, 6.45) is 3.28. The predicted molar refractivity (Wildman–Crippen MR) is 139 cm³/mol. The van der Waals surface area contributed by atoms with Crippen LogP contribution in [0.1, 0.15) is 37.0 Å². The minimum Gasteiger partial charge on any atom is -0.454 e. The first-order valence-electron chi connectivity index (χ1n) is 11.2. The fourth-order valence-electron chi connectivity index (χ4n) is 3.25. The first-order valence-corrected chi connectivity index (χ1v) is 11.5. The number of aliphatic hydroxyl groups is 1. The third kappa shape index (κ3) is 6.97. The van der Waals surface area contributed by atoms with Gasteiger partial charge in [-0.05, 0) is 41.8 Å². The van der Waals surface area contributed by atoms with Crippen molar-refractivity contribution in [2.24, 2.45) is 5.41 Å². The molecule has 0 aliphatic rings. The lowest BCUT2D eigenvalue weighted by atomic mass is 9.97. The number of amides is 1. The van der Waals surface area contributed by atoms with Gasteiger partial charge in [0, 0.05) is 32.0 Å². The second kappa shape index (κ2) is 11.2. The van der Waals surface area contributed by atoms with Crippen LogP contribution < -0.4 is 20.7 Å². The van der Waals surface area contributed by atoms with Crippen LogP contribution in [0.3, 0.4) is 0 Å². The van der Waals surface area contributed by atoms with Crippen molar-refractivity contribution in [3.63, 3.8) is 0 Å². The Morgan fingerprint density at radius 3 is 2.60 bits per heavy atom. The number of hydrogen-bond donors (Lipinski definition) is 5. The Morgan fingerprint density at radius 2 is 2.00 bits per heavy atom. The van der Waals surface area contributed by atoms with Gasteiger partial charge in [0.05, 0.1) is 23.5 Å². The molecule has 0 aliphatic heterocycles. The summed E-state index contributed by atoms with van der Waals surface area (Å²) in [5.41, 5.74) is 2.28. The number of rotatable bonds is 9. The average molecular weight is 499 g/mol. The highest BCUT2D eigenvalue weighted by Gasteiger charge is 2.16. The number of aliphatic hydroxyl groups excluding tert-OH is 1. The highest BCUT2D eigenvalue weighted by atomic mass is 35.5. The van der Waals surface area contributed by atoms with Crippen LogP contribution >= 0.6 is 11.6 Å². The molecular weight excluding hydrogens is 468 g/mol. The van der Waals surface area contributed by atoms with Gasteiger partial charge in [-0.15, -0.1) is 0 Å². The van der Waals surface area contributed by atoms with Gasteiger partial charge in [0.2, 0.25) is 0 Å². The second-order valence-electron chi connectivity index (χ2n) is 9.11. The van der Waals surface area contributed by atoms with E-state index in [0.29, 0.717) is 46.7 Å². The summed E-state index contributed by atoms with van der Waals surface area (Å²) in [6.45, 7) is 7.01. The van der Waals surface area contributed by atoms with Gasteiger partial charge in [-0.1, -0.05) is 32.4 Å². The number of hydrogen-bond acceptors (Lipinski definition) is 6. The molecule has 0 saturated heterocycles. The van der Waals surface area contributed by atoms with Crippen LogP contribution in [-0.4, -0.2) is 46.6 Å². The summed E-state index contributed by atoms with van der Waals surface area (Å²) in [5, 5.41) is 27.1. The van der Waals surface area contributed by atoms with E-state index >= 15 is 0 Å². The molecule has 0 spiro atoms. The number of anilines is 2. The quantitative estimate of drug-likeness (QED) is 0.217. The SMILES string of the molecule is CNc1ccn(CCO)c1C(=N)Nc1ccc(Oc2ccc(C(=O)NCC(C)(C)C)nc2)c(Cl)c1. The lowest BCUT2D eigenvalue weighted by Gasteiger charge is -2.18. The summed E-state index contributed by atoms with van der Waals surface area (Å²) in [7, 11) is 1.78. The molecule has 3 aromatic rings. The van der Waals surface area contributed by atoms with Crippen molar-refractivity contribution in [2.45, 2.75) is 27.3 Å². The monoisotopic (exact) mass is 498 g/mol. The van der Waals surface area contributed by atoms with Crippen LogP contribution in [-0.2, 0) is 6.54 Å². The van der Waals surface area contributed by atoms with Crippen molar-refractivity contribution in [2.75, 3.05) is 30.8 Å². The number of nitrogens with zero attached hydrogens (tertiary/aromatic N) is 2. The van der Waals surface area contributed by atoms with E-state index in [-0.39, 0.29) is 23.8 Å². The Labute approximate surface area is 210 Å². The van der Waals surface area contributed by atoms with Gasteiger partial charge < -0.3 is 30.4 Å². The highest BCUT2D eigenvalue weighted by molar-refractivity contribution is 6.32. The van der Waals surface area contributed by atoms with E-state index in [1.807, 2.05) is 33.0 Å². The molecule has 0 saturated carbocycles. The topological polar surface area (TPSA) is 124 Å². The molecule has 0 atom stereocenters. The molecule has 0 fully saturated rings. The maximum Gasteiger partial charge on any atom is 0.269 e. The fourth-order valence-corrected chi connectivity index (χ4v) is 3.47. The zero-order chi connectivity index (χ0) is 25.6. The van der Waals surface area contributed by atoms with Gasteiger partial charge in [-0.3, -0.25) is 10.2 Å². The molecule has 1 amide bonds. The maximum atomic E-state index is 12.2. The summed E-state index contributed by atoms with van der Waals surface area (Å²) < 4.78 is 7.62. The fraction of sp³-hybridized carbons (Fsp3) is 0.320. The molecule has 1 aromatic carbocycles. The number of amidine groups is 1. The number of ether oxygens (including phenoxy) is 1. The molecule has 5 N–H and O–H groups in total. The second-order valence-corrected chi connectivity index (χ2v) is 9.52. The summed E-state index contributed by atoms with van der Waals surface area (Å²) >= 11 is 6.42. The Balaban J connectivity index is 1.66. The van der Waals surface area contributed by atoms with Crippen LogP contribution in [0.2, 0.25) is 5.02 Å². The lowest BCUT2D eigenvalue weighted by molar-refractivity contribution is 0.0934. The van der Waals surface area contributed by atoms with Crippen LogP contribution in [0, 0.1) is 10.8 Å². The van der Waals surface area contributed by atoms with Crippen molar-refractivity contribution < 1.29 is 14.6 Å². The van der Waals surface area contributed by atoms with Crippen molar-refractivity contribution in [3.8, 4) is 11.5 Å². The molecule has 0 radical (unpaired) electrons. The van der Waals surface area contributed by atoms with Gasteiger partial charge in [0.15, 0.2) is 0 Å². The number of aromatic nitrogens is 2. The molecule has 2 heterocycles. The molecular formula is C25H31ClN6O3. The number of nitrogens with one attached hydrogen (secondary N) is 4. The van der Waals surface area contributed by atoms with Gasteiger partial charge >= 0.3 is 0 Å². The minimum absolute atomic E-state index is 0.0199. The van der Waals surface area contributed by atoms with Crippen molar-refractivity contribution in [1.29, 1.82) is 5.41 Å². The van der Waals surface area contributed by atoms with Crippen LogP contribution in [0.25, 0.3) is 0 Å². The lowest BCUT2D eigenvalue weighted by Crippen LogP contribution is -2.32. The normalized spacial score (nSPS) is 11.1. The Morgan fingerprint density at radius 1 is 1.23 bits per heavy atom. The number of benzene rings is 1. The van der Waals surface area contributed by atoms with E-state index in [2.05, 4.69) is 20.9 Å². The molecule has 9 nitrogen and oxygen atoms in total. The van der Waals surface area contributed by atoms with Crippen LogP contribution in [0.15, 0.2) is 48.8 Å². The van der Waals surface area contributed by atoms with Crippen molar-refractivity contribution in [3.05, 3.63) is 65.2 Å². The maximum absolute atomic E-state index is 12.2. The molecule has 0 bridgehead atoms. The van der Waals surface area contributed by atoms with Crippen LogP contribution in [0.5, 0.6) is 11.5 Å². The first kappa shape index (κ1) is 26.1. The number of carbonyl (C=O) groups is 1. The van der Waals surface area contributed by atoms with E-state index in [1.165, 1.54) is 6.20 Å². The Kier molecular flexibility index (Phi) is 8.37. The Hall–Kier alpha value is -3.56. The molecule has 2 aromatic heterocycles. The molecule has 10 heteroatoms. The van der Waals surface area contributed by atoms with Gasteiger partial charge in [-0.2, -0.15) is 0 Å². The number of pyridine rings is 1. The summed E-state index contributed by atoms with van der Waals surface area (Å²) in [4.78, 5) is 16.4. The highest BCUT2D eigenvalue weighted by Crippen LogP contribution is 2.32. The smallest absolute Gasteiger partial charge is 0.269 e. The van der Waals surface area contributed by atoms with E-state index < -0.39 is 0 Å². The largest absolute Gasteiger partial charge is 0.454 e. The van der Waals surface area contributed by atoms with E-state index in [0.717, 1.165) is 5.69 Å². The average Bonchev–Trinajstić information content (AvgIpc) is 3.22. The predicted octanol–water partition coefficient (Wildman–Crippen LogP) is 4.58. The van der Waals surface area contributed by atoms with Crippen molar-refractivity contribution >= 4 is 34.7 Å². The molecule has 0 unspecified atom stereocenters. The summed E-state index contributed by atoms with van der Waals surface area (Å²) in [6, 6.07) is 10.2.